The van der Waals surface area contributed by atoms with E-state index in [1.54, 1.807) is 0 Å². The molecule has 0 unspecified atom stereocenters. The molecular weight excluding hydrogens is 410 g/mol. The summed E-state index contributed by atoms with van der Waals surface area (Å²) in [6, 6.07) is 22.3. The van der Waals surface area contributed by atoms with Crippen LogP contribution < -0.4 is 9.64 Å². The third-order valence-corrected chi connectivity index (χ3v) is 6.41. The molecule has 1 amide bonds. The average Bonchev–Trinajstić information content (AvgIpc) is 3.35. The van der Waals surface area contributed by atoms with Gasteiger partial charge in [0, 0.05) is 24.6 Å². The van der Waals surface area contributed by atoms with E-state index in [1.807, 2.05) is 53.4 Å². The number of aryl methyl sites for hydroxylation is 3. The van der Waals surface area contributed by atoms with Crippen molar-refractivity contribution in [1.82, 2.24) is 9.55 Å². The summed E-state index contributed by atoms with van der Waals surface area (Å²) in [5.41, 5.74) is 6.59. The SMILES string of the molecule is Cc1cc(C)c(N2C[C@H](c3nc4ccccc4n3CCOc3ccccc3)CC2=O)c(C)c1. The quantitative estimate of drug-likeness (QED) is 0.395. The number of carbonyl (C=O) groups excluding carboxylic acids is 1. The number of nitrogens with zero attached hydrogens (tertiary/aromatic N) is 3. The molecule has 0 saturated carbocycles. The molecule has 1 fully saturated rings. The van der Waals surface area contributed by atoms with Crippen LogP contribution in [-0.2, 0) is 11.3 Å². The van der Waals surface area contributed by atoms with Crippen LogP contribution in [0.5, 0.6) is 5.75 Å². The van der Waals surface area contributed by atoms with Crippen LogP contribution in [0.15, 0.2) is 66.7 Å². The molecule has 168 valence electrons. The number of aromatic nitrogens is 2. The molecule has 2 heterocycles. The summed E-state index contributed by atoms with van der Waals surface area (Å²) in [6.07, 6.45) is 0.468. The number of fused-ring (bicyclic) bond motifs is 1. The molecule has 33 heavy (non-hydrogen) atoms. The fourth-order valence-electron chi connectivity index (χ4n) is 5.11. The van der Waals surface area contributed by atoms with Crippen molar-refractivity contribution >= 4 is 22.6 Å². The topological polar surface area (TPSA) is 47.4 Å². The van der Waals surface area contributed by atoms with Crippen molar-refractivity contribution < 1.29 is 9.53 Å². The first kappa shape index (κ1) is 21.3. The first-order valence-corrected chi connectivity index (χ1v) is 11.5. The maximum absolute atomic E-state index is 13.1. The van der Waals surface area contributed by atoms with Crippen LogP contribution in [-0.4, -0.2) is 28.6 Å². The number of imidazole rings is 1. The second kappa shape index (κ2) is 8.74. The number of hydrogen-bond donors (Lipinski definition) is 0. The predicted octanol–water partition coefficient (Wildman–Crippen LogP) is 5.56. The Morgan fingerprint density at radius 1 is 0.970 bits per heavy atom. The Balaban J connectivity index is 1.44. The maximum Gasteiger partial charge on any atom is 0.227 e. The van der Waals surface area contributed by atoms with Crippen molar-refractivity contribution in [2.75, 3.05) is 18.1 Å². The van der Waals surface area contributed by atoms with Gasteiger partial charge in [-0.05, 0) is 56.2 Å². The van der Waals surface area contributed by atoms with Crippen molar-refractivity contribution in [3.8, 4) is 5.75 Å². The zero-order chi connectivity index (χ0) is 22.9. The van der Waals surface area contributed by atoms with Gasteiger partial charge in [0.15, 0.2) is 0 Å². The van der Waals surface area contributed by atoms with Crippen LogP contribution in [0.2, 0.25) is 0 Å². The van der Waals surface area contributed by atoms with E-state index in [0.717, 1.165) is 39.4 Å². The second-order valence-corrected chi connectivity index (χ2v) is 8.92. The zero-order valence-electron chi connectivity index (χ0n) is 19.4. The van der Waals surface area contributed by atoms with Crippen molar-refractivity contribution in [3.05, 3.63) is 89.2 Å². The number of rotatable bonds is 6. The molecule has 4 aromatic rings. The number of amides is 1. The molecule has 0 spiro atoms. The number of anilines is 1. The summed E-state index contributed by atoms with van der Waals surface area (Å²) >= 11 is 0. The minimum absolute atomic E-state index is 0.0433. The van der Waals surface area contributed by atoms with Crippen molar-refractivity contribution in [2.45, 2.75) is 39.7 Å². The van der Waals surface area contributed by atoms with E-state index in [-0.39, 0.29) is 11.8 Å². The Kier molecular flexibility index (Phi) is 5.63. The van der Waals surface area contributed by atoms with E-state index in [1.165, 1.54) is 5.56 Å². The minimum atomic E-state index is 0.0433. The predicted molar refractivity (Wildman–Crippen MR) is 132 cm³/mol. The summed E-state index contributed by atoms with van der Waals surface area (Å²) < 4.78 is 8.20. The number of ether oxygens (including phenoxy) is 1. The third-order valence-electron chi connectivity index (χ3n) is 6.41. The molecule has 0 N–H and O–H groups in total. The van der Waals surface area contributed by atoms with E-state index < -0.39 is 0 Å². The summed E-state index contributed by atoms with van der Waals surface area (Å²) in [7, 11) is 0. The van der Waals surface area contributed by atoms with Crippen molar-refractivity contribution in [1.29, 1.82) is 0 Å². The molecule has 1 aromatic heterocycles. The van der Waals surface area contributed by atoms with Gasteiger partial charge in [0.25, 0.3) is 0 Å². The summed E-state index contributed by atoms with van der Waals surface area (Å²) in [5.74, 6) is 2.03. The van der Waals surface area contributed by atoms with Gasteiger partial charge in [0.1, 0.15) is 18.2 Å². The summed E-state index contributed by atoms with van der Waals surface area (Å²) in [5, 5.41) is 0. The van der Waals surface area contributed by atoms with Crippen molar-refractivity contribution in [3.63, 3.8) is 0 Å². The Labute approximate surface area is 194 Å². The third kappa shape index (κ3) is 4.11. The monoisotopic (exact) mass is 439 g/mol. The first-order chi connectivity index (χ1) is 16.0. The lowest BCUT2D eigenvalue weighted by Gasteiger charge is -2.22. The molecular formula is C28H29N3O2. The number of carbonyl (C=O) groups is 1. The molecule has 1 aliphatic rings. The Morgan fingerprint density at radius 2 is 1.67 bits per heavy atom. The lowest BCUT2D eigenvalue weighted by atomic mass is 10.0. The van der Waals surface area contributed by atoms with Crippen LogP contribution in [0.4, 0.5) is 5.69 Å². The normalized spacial score (nSPS) is 16.0. The Bertz CT molecular complexity index is 1290. The molecule has 1 saturated heterocycles. The van der Waals surface area contributed by atoms with Crippen LogP contribution in [0.25, 0.3) is 11.0 Å². The molecule has 5 heteroatoms. The Morgan fingerprint density at radius 3 is 2.42 bits per heavy atom. The highest BCUT2D eigenvalue weighted by atomic mass is 16.5. The average molecular weight is 440 g/mol. The summed E-state index contributed by atoms with van der Waals surface area (Å²) in [4.78, 5) is 20.1. The fourth-order valence-corrected chi connectivity index (χ4v) is 5.11. The van der Waals surface area contributed by atoms with Gasteiger partial charge in [-0.15, -0.1) is 0 Å². The highest BCUT2D eigenvalue weighted by Crippen LogP contribution is 2.36. The van der Waals surface area contributed by atoms with E-state index in [9.17, 15) is 4.79 Å². The van der Waals surface area contributed by atoms with Gasteiger partial charge >= 0.3 is 0 Å². The lowest BCUT2D eigenvalue weighted by molar-refractivity contribution is -0.117. The van der Waals surface area contributed by atoms with E-state index >= 15 is 0 Å². The van der Waals surface area contributed by atoms with Gasteiger partial charge in [-0.3, -0.25) is 4.79 Å². The van der Waals surface area contributed by atoms with Crippen LogP contribution in [0, 0.1) is 20.8 Å². The molecule has 1 atom stereocenters. The summed E-state index contributed by atoms with van der Waals surface area (Å²) in [6.45, 7) is 8.14. The molecule has 0 radical (unpaired) electrons. The maximum atomic E-state index is 13.1. The van der Waals surface area contributed by atoms with Gasteiger partial charge in [-0.1, -0.05) is 48.0 Å². The fraction of sp³-hybridized carbons (Fsp3) is 0.286. The first-order valence-electron chi connectivity index (χ1n) is 11.5. The molecule has 5 rings (SSSR count). The largest absolute Gasteiger partial charge is 0.492 e. The smallest absolute Gasteiger partial charge is 0.227 e. The van der Waals surface area contributed by atoms with E-state index in [0.29, 0.717) is 26.1 Å². The standard InChI is InChI=1S/C28H29N3O2/c1-19-15-20(2)27(21(3)16-19)31-18-22(17-26(31)32)28-29-24-11-7-8-12-25(24)30(28)13-14-33-23-9-5-4-6-10-23/h4-12,15-16,22H,13-14,17-18H2,1-3H3/t22-/m1/s1. The van der Waals surface area contributed by atoms with E-state index in [2.05, 4.69) is 43.5 Å². The molecule has 5 nitrogen and oxygen atoms in total. The highest BCUT2D eigenvalue weighted by Gasteiger charge is 2.36. The van der Waals surface area contributed by atoms with Crippen molar-refractivity contribution in [2.24, 2.45) is 0 Å². The van der Waals surface area contributed by atoms with Gasteiger partial charge < -0.3 is 14.2 Å². The molecule has 0 aliphatic carbocycles. The van der Waals surface area contributed by atoms with Crippen LogP contribution in [0.1, 0.15) is 34.9 Å². The van der Waals surface area contributed by atoms with Gasteiger partial charge in [0.2, 0.25) is 5.91 Å². The van der Waals surface area contributed by atoms with Gasteiger partial charge in [0.05, 0.1) is 17.6 Å². The minimum Gasteiger partial charge on any atom is -0.492 e. The lowest BCUT2D eigenvalue weighted by Crippen LogP contribution is -2.26. The molecule has 1 aliphatic heterocycles. The Hall–Kier alpha value is -3.60. The van der Waals surface area contributed by atoms with Gasteiger partial charge in [-0.25, -0.2) is 4.98 Å². The van der Waals surface area contributed by atoms with Gasteiger partial charge in [-0.2, -0.15) is 0 Å². The van der Waals surface area contributed by atoms with E-state index in [4.69, 9.17) is 9.72 Å². The molecule has 3 aromatic carbocycles. The zero-order valence-corrected chi connectivity index (χ0v) is 19.4. The van der Waals surface area contributed by atoms with Crippen LogP contribution in [0.3, 0.4) is 0 Å². The number of hydrogen-bond acceptors (Lipinski definition) is 3. The number of para-hydroxylation sites is 3. The highest BCUT2D eigenvalue weighted by molar-refractivity contribution is 5.98. The second-order valence-electron chi connectivity index (χ2n) is 8.92. The number of benzene rings is 3. The van der Waals surface area contributed by atoms with Crippen LogP contribution >= 0.6 is 0 Å². The molecule has 0 bridgehead atoms.